The largest absolute Gasteiger partial charge is 0.365 e. The topological polar surface area (TPSA) is 84.2 Å². The maximum Gasteiger partial charge on any atom is 0.251 e. The molecule has 4 N–H and O–H groups in total. The van der Waals surface area contributed by atoms with Gasteiger partial charge >= 0.3 is 0 Å². The molecule has 0 bridgehead atoms. The predicted molar refractivity (Wildman–Crippen MR) is 74.9 cm³/mol. The number of nitrogens with two attached hydrogens (primary N) is 1. The lowest BCUT2D eigenvalue weighted by Gasteiger charge is -2.08. The number of amides is 2. The standard InChI is InChI=1S/C11H13N3O2S2/c1-5(15)13-11(17)14-10-8(9(12)16)6-3-2-4-7(6)18-10/h2-4H2,1H3,(H2,12,16)(H2,13,14,15,17). The van der Waals surface area contributed by atoms with E-state index in [1.807, 2.05) is 0 Å². The number of carbonyl (C=O) groups excluding carboxylic acids is 2. The van der Waals surface area contributed by atoms with E-state index in [9.17, 15) is 9.59 Å². The first-order valence-corrected chi connectivity index (χ1v) is 6.74. The molecule has 2 amide bonds. The van der Waals surface area contributed by atoms with Gasteiger partial charge in [-0.25, -0.2) is 0 Å². The van der Waals surface area contributed by atoms with Crippen LogP contribution in [0, 0.1) is 0 Å². The zero-order valence-corrected chi connectivity index (χ0v) is 11.5. The van der Waals surface area contributed by atoms with Crippen LogP contribution in [0.4, 0.5) is 5.00 Å². The van der Waals surface area contributed by atoms with Gasteiger partial charge in [-0.05, 0) is 37.0 Å². The maximum atomic E-state index is 11.5. The van der Waals surface area contributed by atoms with Gasteiger partial charge in [-0.3, -0.25) is 9.59 Å². The van der Waals surface area contributed by atoms with Crippen LogP contribution >= 0.6 is 23.6 Å². The van der Waals surface area contributed by atoms with Crippen molar-refractivity contribution < 1.29 is 9.59 Å². The summed E-state index contributed by atoms with van der Waals surface area (Å²) in [4.78, 5) is 23.6. The van der Waals surface area contributed by atoms with Crippen LogP contribution in [-0.2, 0) is 17.6 Å². The molecule has 2 rings (SSSR count). The van der Waals surface area contributed by atoms with Gasteiger partial charge in [0.2, 0.25) is 5.91 Å². The lowest BCUT2D eigenvalue weighted by Crippen LogP contribution is -2.32. The Bertz CT molecular complexity index is 537. The Labute approximate surface area is 114 Å². The van der Waals surface area contributed by atoms with Crippen LogP contribution in [0.5, 0.6) is 0 Å². The molecule has 1 aliphatic rings. The van der Waals surface area contributed by atoms with Crippen LogP contribution < -0.4 is 16.4 Å². The number of carbonyl (C=O) groups is 2. The van der Waals surface area contributed by atoms with Gasteiger partial charge in [0, 0.05) is 11.8 Å². The Balaban J connectivity index is 2.26. The smallest absolute Gasteiger partial charge is 0.251 e. The van der Waals surface area contributed by atoms with E-state index in [1.54, 1.807) is 0 Å². The number of anilines is 1. The van der Waals surface area contributed by atoms with Crippen LogP contribution in [0.25, 0.3) is 0 Å². The molecule has 5 nitrogen and oxygen atoms in total. The molecular formula is C11H13N3O2S2. The van der Waals surface area contributed by atoms with Crippen molar-refractivity contribution in [2.45, 2.75) is 26.2 Å². The van der Waals surface area contributed by atoms with Crippen LogP contribution in [0.2, 0.25) is 0 Å². The number of rotatable bonds is 2. The highest BCUT2D eigenvalue weighted by molar-refractivity contribution is 7.80. The summed E-state index contributed by atoms with van der Waals surface area (Å²) >= 11 is 6.46. The average Bonchev–Trinajstić information content (AvgIpc) is 2.74. The van der Waals surface area contributed by atoms with E-state index in [-0.39, 0.29) is 11.0 Å². The summed E-state index contributed by atoms with van der Waals surface area (Å²) in [5.41, 5.74) is 6.95. The van der Waals surface area contributed by atoms with Crippen LogP contribution in [-0.4, -0.2) is 16.9 Å². The second-order valence-electron chi connectivity index (χ2n) is 4.06. The molecule has 1 aromatic rings. The molecule has 0 saturated heterocycles. The third-order valence-corrected chi connectivity index (χ3v) is 4.10. The Kier molecular flexibility index (Phi) is 3.63. The number of thiophene rings is 1. The van der Waals surface area contributed by atoms with Gasteiger partial charge in [-0.1, -0.05) is 0 Å². The number of nitrogens with one attached hydrogen (secondary N) is 2. The zero-order chi connectivity index (χ0) is 13.3. The van der Waals surface area contributed by atoms with Crippen molar-refractivity contribution in [3.8, 4) is 0 Å². The fourth-order valence-electron chi connectivity index (χ4n) is 2.05. The average molecular weight is 283 g/mol. The predicted octanol–water partition coefficient (Wildman–Crippen LogP) is 1.17. The number of hydrogen-bond acceptors (Lipinski definition) is 4. The first-order valence-electron chi connectivity index (χ1n) is 5.52. The molecule has 7 heteroatoms. The SMILES string of the molecule is CC(=O)NC(=S)Nc1sc2c(c1C(N)=O)CCC2. The zero-order valence-electron chi connectivity index (χ0n) is 9.83. The van der Waals surface area contributed by atoms with E-state index >= 15 is 0 Å². The highest BCUT2D eigenvalue weighted by Crippen LogP contribution is 2.38. The van der Waals surface area contributed by atoms with E-state index < -0.39 is 5.91 Å². The van der Waals surface area contributed by atoms with Crippen molar-refractivity contribution >= 4 is 45.5 Å². The van der Waals surface area contributed by atoms with Gasteiger partial charge in [0.1, 0.15) is 5.00 Å². The van der Waals surface area contributed by atoms with Gasteiger partial charge in [0.05, 0.1) is 5.56 Å². The molecule has 1 aromatic heterocycles. The second kappa shape index (κ2) is 5.03. The molecule has 0 atom stereocenters. The van der Waals surface area contributed by atoms with Crippen molar-refractivity contribution in [2.75, 3.05) is 5.32 Å². The fraction of sp³-hybridized carbons (Fsp3) is 0.364. The van der Waals surface area contributed by atoms with E-state index in [1.165, 1.54) is 23.1 Å². The summed E-state index contributed by atoms with van der Waals surface area (Å²) in [7, 11) is 0. The molecule has 0 spiro atoms. The van der Waals surface area contributed by atoms with E-state index in [0.29, 0.717) is 10.6 Å². The van der Waals surface area contributed by atoms with Crippen molar-refractivity contribution in [1.82, 2.24) is 5.32 Å². The third kappa shape index (κ3) is 2.51. The first-order chi connectivity index (χ1) is 8.49. The van der Waals surface area contributed by atoms with Gasteiger partial charge in [-0.2, -0.15) is 0 Å². The molecule has 0 saturated carbocycles. The Hall–Kier alpha value is -1.47. The molecule has 0 radical (unpaired) electrons. The van der Waals surface area contributed by atoms with Crippen LogP contribution in [0.15, 0.2) is 0 Å². The van der Waals surface area contributed by atoms with Crippen molar-refractivity contribution in [3.63, 3.8) is 0 Å². The summed E-state index contributed by atoms with van der Waals surface area (Å²) < 4.78 is 0. The normalized spacial score (nSPS) is 12.9. The van der Waals surface area contributed by atoms with E-state index in [4.69, 9.17) is 18.0 Å². The summed E-state index contributed by atoms with van der Waals surface area (Å²) in [6, 6.07) is 0. The van der Waals surface area contributed by atoms with Crippen LogP contribution in [0.3, 0.4) is 0 Å². The lowest BCUT2D eigenvalue weighted by atomic mass is 10.1. The molecule has 1 heterocycles. The van der Waals surface area contributed by atoms with E-state index in [2.05, 4.69) is 10.6 Å². The lowest BCUT2D eigenvalue weighted by molar-refractivity contribution is -0.117. The fourth-order valence-corrected chi connectivity index (χ4v) is 3.66. The number of primary amides is 1. The Morgan fingerprint density at radius 3 is 2.72 bits per heavy atom. The van der Waals surface area contributed by atoms with Gasteiger partial charge in [-0.15, -0.1) is 11.3 Å². The summed E-state index contributed by atoms with van der Waals surface area (Å²) in [6.45, 7) is 1.37. The Morgan fingerprint density at radius 2 is 2.11 bits per heavy atom. The quantitative estimate of drug-likeness (QED) is 0.711. The summed E-state index contributed by atoms with van der Waals surface area (Å²) in [5.74, 6) is -0.709. The number of thiocarbonyl (C=S) groups is 1. The van der Waals surface area contributed by atoms with Crippen LogP contribution in [0.1, 0.15) is 34.1 Å². The van der Waals surface area contributed by atoms with Gasteiger partial charge in [0.25, 0.3) is 5.91 Å². The number of fused-ring (bicyclic) bond motifs is 1. The molecule has 18 heavy (non-hydrogen) atoms. The van der Waals surface area contributed by atoms with Gasteiger partial charge < -0.3 is 16.4 Å². The summed E-state index contributed by atoms with van der Waals surface area (Å²) in [5, 5.41) is 6.14. The number of aryl methyl sites for hydroxylation is 1. The van der Waals surface area contributed by atoms with E-state index in [0.717, 1.165) is 24.8 Å². The monoisotopic (exact) mass is 283 g/mol. The minimum Gasteiger partial charge on any atom is -0.365 e. The van der Waals surface area contributed by atoms with Crippen molar-refractivity contribution in [2.24, 2.45) is 5.73 Å². The maximum absolute atomic E-state index is 11.5. The molecular weight excluding hydrogens is 270 g/mol. The molecule has 0 aliphatic heterocycles. The minimum absolute atomic E-state index is 0.185. The molecule has 0 unspecified atom stereocenters. The second-order valence-corrected chi connectivity index (χ2v) is 5.57. The minimum atomic E-state index is -0.456. The third-order valence-electron chi connectivity index (χ3n) is 2.68. The highest BCUT2D eigenvalue weighted by Gasteiger charge is 2.25. The molecule has 0 fully saturated rings. The highest BCUT2D eigenvalue weighted by atomic mass is 32.1. The molecule has 96 valence electrons. The van der Waals surface area contributed by atoms with Crippen molar-refractivity contribution in [3.05, 3.63) is 16.0 Å². The molecule has 1 aliphatic carbocycles. The van der Waals surface area contributed by atoms with Gasteiger partial charge in [0.15, 0.2) is 5.11 Å². The Morgan fingerprint density at radius 1 is 1.39 bits per heavy atom. The molecule has 0 aromatic carbocycles. The first kappa shape index (κ1) is 13.0. The summed E-state index contributed by atoms with van der Waals surface area (Å²) in [6.07, 6.45) is 2.89. The number of hydrogen-bond donors (Lipinski definition) is 3. The van der Waals surface area contributed by atoms with Crippen molar-refractivity contribution in [1.29, 1.82) is 0 Å².